The van der Waals surface area contributed by atoms with E-state index in [0.29, 0.717) is 6.61 Å². The van der Waals surface area contributed by atoms with Gasteiger partial charge in [-0.05, 0) is 17.7 Å². The number of para-hydroxylation sites is 1. The number of benzene rings is 2. The maximum atomic E-state index is 13.4. The van der Waals surface area contributed by atoms with Gasteiger partial charge >= 0.3 is 6.18 Å². The van der Waals surface area contributed by atoms with E-state index in [0.717, 1.165) is 6.07 Å². The van der Waals surface area contributed by atoms with Gasteiger partial charge in [0, 0.05) is 19.2 Å². The number of methoxy groups -OCH3 is 1. The minimum atomic E-state index is -4.58. The highest BCUT2D eigenvalue weighted by atomic mass is 32.2. The van der Waals surface area contributed by atoms with Crippen LogP contribution in [0.25, 0.3) is 11.1 Å². The molecule has 2 N–H and O–H groups in total. The fraction of sp³-hybridized carbons (Fsp3) is 0.235. The molecular formula is C17H16F3N3O3S. The number of ether oxygens (including phenoxy) is 1. The van der Waals surface area contributed by atoms with Crippen LogP contribution in [-0.2, 0) is 20.9 Å². The van der Waals surface area contributed by atoms with E-state index in [2.05, 4.69) is 15.0 Å². The average Bonchev–Trinajstić information content (AvgIpc) is 2.60. The summed E-state index contributed by atoms with van der Waals surface area (Å²) in [5, 5.41) is 5.55. The van der Waals surface area contributed by atoms with Crippen molar-refractivity contribution in [3.05, 3.63) is 48.0 Å². The summed E-state index contributed by atoms with van der Waals surface area (Å²) < 4.78 is 73.7. The van der Waals surface area contributed by atoms with Crippen LogP contribution in [0.5, 0.6) is 0 Å². The van der Waals surface area contributed by atoms with E-state index in [1.807, 2.05) is 0 Å². The zero-order chi connectivity index (χ0) is 19.7. The summed E-state index contributed by atoms with van der Waals surface area (Å²) in [5.74, 6) is -0.0727. The van der Waals surface area contributed by atoms with Crippen molar-refractivity contribution in [3.8, 4) is 11.1 Å². The van der Waals surface area contributed by atoms with Crippen molar-refractivity contribution in [1.82, 2.24) is 5.32 Å². The standard InChI is InChI=1S/C17H16F3N3O3S/c1-26-10-9-21-16-22-15-12(6-4-8-14(15)27(24,25)23-16)11-5-2-3-7-13(11)17(18,19)20/h2-8H,9-10H2,1H3,(H2,21,22,23). The van der Waals surface area contributed by atoms with Gasteiger partial charge in [0.2, 0.25) is 5.96 Å². The molecule has 0 saturated heterocycles. The first kappa shape index (κ1) is 19.2. The van der Waals surface area contributed by atoms with Gasteiger partial charge in [0.25, 0.3) is 10.0 Å². The number of halogens is 3. The van der Waals surface area contributed by atoms with Gasteiger partial charge in [-0.15, -0.1) is 4.40 Å². The van der Waals surface area contributed by atoms with Gasteiger partial charge in [0.05, 0.1) is 17.9 Å². The Morgan fingerprint density at radius 3 is 2.52 bits per heavy atom. The van der Waals surface area contributed by atoms with E-state index < -0.39 is 21.8 Å². The van der Waals surface area contributed by atoms with E-state index in [-0.39, 0.29) is 34.2 Å². The van der Waals surface area contributed by atoms with Gasteiger partial charge in [0.1, 0.15) is 4.90 Å². The summed E-state index contributed by atoms with van der Waals surface area (Å²) in [7, 11) is -2.58. The molecule has 0 bridgehead atoms. The molecule has 0 amide bonds. The van der Waals surface area contributed by atoms with Crippen LogP contribution in [-0.4, -0.2) is 34.6 Å². The van der Waals surface area contributed by atoms with Crippen molar-refractivity contribution in [2.75, 3.05) is 25.6 Å². The van der Waals surface area contributed by atoms with Crippen LogP contribution in [0.4, 0.5) is 18.9 Å². The van der Waals surface area contributed by atoms with Crippen molar-refractivity contribution in [2.45, 2.75) is 11.1 Å². The molecule has 2 aromatic rings. The van der Waals surface area contributed by atoms with Crippen molar-refractivity contribution in [1.29, 1.82) is 0 Å². The van der Waals surface area contributed by atoms with Gasteiger partial charge in [0.15, 0.2) is 0 Å². The Morgan fingerprint density at radius 2 is 1.81 bits per heavy atom. The third kappa shape index (κ3) is 3.91. The van der Waals surface area contributed by atoms with Crippen LogP contribution >= 0.6 is 0 Å². The van der Waals surface area contributed by atoms with Crippen molar-refractivity contribution >= 4 is 21.7 Å². The van der Waals surface area contributed by atoms with Crippen LogP contribution in [0.1, 0.15) is 5.56 Å². The zero-order valence-corrected chi connectivity index (χ0v) is 15.0. The molecule has 2 aromatic carbocycles. The number of alkyl halides is 3. The first-order chi connectivity index (χ1) is 12.7. The van der Waals surface area contributed by atoms with Crippen LogP contribution in [0.2, 0.25) is 0 Å². The first-order valence-electron chi connectivity index (χ1n) is 7.88. The molecule has 0 unspecified atom stereocenters. The number of rotatable bonds is 4. The van der Waals surface area contributed by atoms with Gasteiger partial charge in [-0.1, -0.05) is 30.3 Å². The number of sulfonamides is 1. The first-order valence-corrected chi connectivity index (χ1v) is 9.32. The number of fused-ring (bicyclic) bond motifs is 1. The second-order valence-corrected chi connectivity index (χ2v) is 7.25. The highest BCUT2D eigenvalue weighted by Crippen LogP contribution is 2.42. The Hall–Kier alpha value is -2.59. The molecule has 1 aliphatic rings. The fourth-order valence-corrected chi connectivity index (χ4v) is 3.84. The summed E-state index contributed by atoms with van der Waals surface area (Å²) in [5.41, 5.74) is -0.814. The number of nitrogens with zero attached hydrogens (tertiary/aromatic N) is 1. The topological polar surface area (TPSA) is 79.8 Å². The maximum absolute atomic E-state index is 13.4. The second kappa shape index (κ2) is 7.20. The second-order valence-electron chi connectivity index (χ2n) is 5.68. The summed E-state index contributed by atoms with van der Waals surface area (Å²) >= 11 is 0. The third-order valence-corrected chi connectivity index (χ3v) is 5.20. The highest BCUT2D eigenvalue weighted by Gasteiger charge is 2.35. The molecule has 0 spiro atoms. The van der Waals surface area contributed by atoms with Gasteiger partial charge in [-0.25, -0.2) is 0 Å². The van der Waals surface area contributed by atoms with E-state index in [1.54, 1.807) is 0 Å². The van der Waals surface area contributed by atoms with Crippen LogP contribution in [0.3, 0.4) is 0 Å². The molecule has 0 radical (unpaired) electrons. The largest absolute Gasteiger partial charge is 0.417 e. The lowest BCUT2D eigenvalue weighted by atomic mass is 9.97. The smallest absolute Gasteiger partial charge is 0.383 e. The van der Waals surface area contributed by atoms with Crippen LogP contribution < -0.4 is 10.6 Å². The molecule has 3 rings (SSSR count). The molecule has 0 fully saturated rings. The number of guanidine groups is 1. The Labute approximate surface area is 154 Å². The van der Waals surface area contributed by atoms with E-state index in [1.165, 1.54) is 43.5 Å². The Kier molecular flexibility index (Phi) is 5.11. The quantitative estimate of drug-likeness (QED) is 0.773. The molecule has 1 heterocycles. The summed E-state index contributed by atoms with van der Waals surface area (Å²) in [6.45, 7) is 0.570. The van der Waals surface area contributed by atoms with E-state index >= 15 is 0 Å². The van der Waals surface area contributed by atoms with Crippen LogP contribution in [0, 0.1) is 0 Å². The summed E-state index contributed by atoms with van der Waals surface area (Å²) in [6.07, 6.45) is -4.58. The molecule has 1 aliphatic heterocycles. The van der Waals surface area contributed by atoms with Crippen molar-refractivity contribution < 1.29 is 26.3 Å². The number of hydrogen-bond acceptors (Lipinski definition) is 5. The molecular weight excluding hydrogens is 383 g/mol. The van der Waals surface area contributed by atoms with Crippen LogP contribution in [0.15, 0.2) is 51.8 Å². The molecule has 0 saturated carbocycles. The molecule has 0 aliphatic carbocycles. The average molecular weight is 399 g/mol. The Morgan fingerprint density at radius 1 is 1.11 bits per heavy atom. The highest BCUT2D eigenvalue weighted by molar-refractivity contribution is 7.90. The predicted molar refractivity (Wildman–Crippen MR) is 95.0 cm³/mol. The fourth-order valence-electron chi connectivity index (χ4n) is 2.72. The zero-order valence-electron chi connectivity index (χ0n) is 14.2. The number of nitrogens with one attached hydrogen (secondary N) is 2. The number of anilines is 1. The lowest BCUT2D eigenvalue weighted by Gasteiger charge is -2.23. The summed E-state index contributed by atoms with van der Waals surface area (Å²) in [6, 6.07) is 9.13. The molecule has 144 valence electrons. The molecule has 0 atom stereocenters. The molecule has 0 aromatic heterocycles. The van der Waals surface area contributed by atoms with E-state index in [4.69, 9.17) is 4.74 Å². The minimum Gasteiger partial charge on any atom is -0.383 e. The molecule has 6 nitrogen and oxygen atoms in total. The minimum absolute atomic E-state index is 0.0455. The third-order valence-electron chi connectivity index (χ3n) is 3.88. The normalized spacial score (nSPS) is 15.5. The Balaban J connectivity index is 2.12. The predicted octanol–water partition coefficient (Wildman–Crippen LogP) is 3.08. The monoisotopic (exact) mass is 399 g/mol. The van der Waals surface area contributed by atoms with Gasteiger partial charge in [-0.3, -0.25) is 0 Å². The van der Waals surface area contributed by atoms with Crippen molar-refractivity contribution in [3.63, 3.8) is 0 Å². The van der Waals surface area contributed by atoms with E-state index in [9.17, 15) is 21.6 Å². The number of hydrogen-bond donors (Lipinski definition) is 2. The molecule has 27 heavy (non-hydrogen) atoms. The van der Waals surface area contributed by atoms with Gasteiger partial charge < -0.3 is 15.4 Å². The lowest BCUT2D eigenvalue weighted by Crippen LogP contribution is -2.36. The van der Waals surface area contributed by atoms with Gasteiger partial charge in [-0.2, -0.15) is 21.6 Å². The Bertz CT molecular complexity index is 988. The van der Waals surface area contributed by atoms with Crippen molar-refractivity contribution in [2.24, 2.45) is 4.40 Å². The molecule has 10 heteroatoms. The maximum Gasteiger partial charge on any atom is 0.417 e. The SMILES string of the molecule is COCCNC1=NS(=O)(=O)c2cccc(-c3ccccc3C(F)(F)F)c2N1. The summed E-state index contributed by atoms with van der Waals surface area (Å²) in [4.78, 5) is -0.186. The lowest BCUT2D eigenvalue weighted by molar-refractivity contribution is -0.137.